The number of aliphatic carboxylic acids is 1. The maximum atomic E-state index is 13.3. The summed E-state index contributed by atoms with van der Waals surface area (Å²) < 4.78 is 13.3. The van der Waals surface area contributed by atoms with E-state index in [4.69, 9.17) is 17.3 Å². The van der Waals surface area contributed by atoms with E-state index in [1.54, 1.807) is 13.1 Å². The summed E-state index contributed by atoms with van der Waals surface area (Å²) in [6, 6.07) is 2.92. The quantitative estimate of drug-likeness (QED) is 0.775. The molecule has 3 rings (SSSR count). The summed E-state index contributed by atoms with van der Waals surface area (Å²) in [6.07, 6.45) is 1.55. The highest BCUT2D eigenvalue weighted by atomic mass is 35.5. The van der Waals surface area contributed by atoms with Gasteiger partial charge in [-0.2, -0.15) is 0 Å². The number of halogens is 2. The van der Waals surface area contributed by atoms with Gasteiger partial charge < -0.3 is 16.2 Å². The van der Waals surface area contributed by atoms with Gasteiger partial charge in [0.15, 0.2) is 5.13 Å². The lowest BCUT2D eigenvalue weighted by Crippen LogP contribution is -2.31. The second kappa shape index (κ2) is 6.21. The van der Waals surface area contributed by atoms with Crippen LogP contribution in [0.1, 0.15) is 23.4 Å². The Balaban J connectivity index is 2.14. The number of nitrogens with one attached hydrogen (secondary N) is 1. The zero-order chi connectivity index (χ0) is 17.4. The van der Waals surface area contributed by atoms with Gasteiger partial charge in [-0.05, 0) is 19.1 Å². The first-order valence-corrected chi connectivity index (χ1v) is 8.01. The van der Waals surface area contributed by atoms with Gasteiger partial charge in [0.1, 0.15) is 17.7 Å². The molecule has 1 unspecified atom stereocenters. The number of carboxylic acids is 1. The first-order chi connectivity index (χ1) is 11.4. The molecule has 1 aliphatic heterocycles. The fraction of sp³-hybridized carbons (Fsp3) is 0.133. The molecule has 9 heteroatoms. The van der Waals surface area contributed by atoms with Crippen molar-refractivity contribution in [1.82, 2.24) is 10.3 Å². The van der Waals surface area contributed by atoms with Crippen LogP contribution in [0.15, 0.2) is 40.7 Å². The Morgan fingerprint density at radius 3 is 2.83 bits per heavy atom. The number of amidine groups is 1. The number of nitrogens with zero attached hydrogens (tertiary/aromatic N) is 2. The van der Waals surface area contributed by atoms with Gasteiger partial charge in [-0.1, -0.05) is 29.0 Å². The normalized spacial score (nSPS) is 17.5. The lowest BCUT2D eigenvalue weighted by atomic mass is 9.96. The van der Waals surface area contributed by atoms with Crippen molar-refractivity contribution >= 4 is 39.9 Å². The van der Waals surface area contributed by atoms with Gasteiger partial charge in [0.05, 0.1) is 16.6 Å². The maximum absolute atomic E-state index is 13.3. The molecular formula is C15H12ClFN4O2S. The van der Waals surface area contributed by atoms with Crippen LogP contribution in [-0.2, 0) is 4.79 Å². The van der Waals surface area contributed by atoms with Crippen molar-refractivity contribution in [2.24, 2.45) is 4.99 Å². The van der Waals surface area contributed by atoms with E-state index >= 15 is 0 Å². The predicted octanol–water partition coefficient (Wildman–Crippen LogP) is 2.97. The number of benzene rings is 1. The molecule has 1 atom stereocenters. The summed E-state index contributed by atoms with van der Waals surface area (Å²) >= 11 is 7.32. The SMILES string of the molecule is CC1=C(C(=O)O)C(c2ccc(F)cc2Cl)N=C(c2cnc(N)s2)N1. The van der Waals surface area contributed by atoms with Crippen molar-refractivity contribution in [3.05, 3.63) is 56.9 Å². The smallest absolute Gasteiger partial charge is 0.335 e. The third-order valence-electron chi connectivity index (χ3n) is 3.49. The largest absolute Gasteiger partial charge is 0.478 e. The van der Waals surface area contributed by atoms with Crippen LogP contribution in [0.25, 0.3) is 0 Å². The highest BCUT2D eigenvalue weighted by Crippen LogP contribution is 2.36. The number of nitrogen functional groups attached to an aromatic ring is 1. The molecule has 0 saturated heterocycles. The highest BCUT2D eigenvalue weighted by molar-refractivity contribution is 7.17. The predicted molar refractivity (Wildman–Crippen MR) is 90.7 cm³/mol. The molecule has 0 radical (unpaired) electrons. The number of rotatable bonds is 3. The van der Waals surface area contributed by atoms with Crippen LogP contribution in [-0.4, -0.2) is 21.9 Å². The molecule has 0 amide bonds. The Morgan fingerprint density at radius 2 is 2.25 bits per heavy atom. The molecule has 0 saturated carbocycles. The van der Waals surface area contributed by atoms with E-state index in [0.717, 1.165) is 6.07 Å². The van der Waals surface area contributed by atoms with Crippen molar-refractivity contribution in [2.75, 3.05) is 5.73 Å². The van der Waals surface area contributed by atoms with Crippen molar-refractivity contribution in [3.63, 3.8) is 0 Å². The van der Waals surface area contributed by atoms with E-state index in [2.05, 4.69) is 15.3 Å². The molecule has 1 aliphatic rings. The number of nitrogens with two attached hydrogens (primary N) is 1. The van der Waals surface area contributed by atoms with E-state index < -0.39 is 17.8 Å². The molecule has 6 nitrogen and oxygen atoms in total. The van der Waals surface area contributed by atoms with Gasteiger partial charge in [-0.15, -0.1) is 0 Å². The first-order valence-electron chi connectivity index (χ1n) is 6.82. The average molecular weight is 367 g/mol. The minimum Gasteiger partial charge on any atom is -0.478 e. The number of allylic oxidation sites excluding steroid dienone is 1. The number of aromatic nitrogens is 1. The lowest BCUT2D eigenvalue weighted by Gasteiger charge is -2.25. The van der Waals surface area contributed by atoms with Gasteiger partial charge in [-0.3, -0.25) is 4.99 Å². The van der Waals surface area contributed by atoms with E-state index in [9.17, 15) is 14.3 Å². The summed E-state index contributed by atoms with van der Waals surface area (Å²) in [5.41, 5.74) is 6.51. The number of aliphatic imine (C=N–C) groups is 1. The third kappa shape index (κ3) is 2.98. The molecule has 0 spiro atoms. The van der Waals surface area contributed by atoms with Crippen LogP contribution in [0.5, 0.6) is 0 Å². The Morgan fingerprint density at radius 1 is 1.50 bits per heavy atom. The standard InChI is InChI=1S/C15H12ClFN4O2S/c1-6-11(14(22)23)12(8-3-2-7(17)4-9(8)16)21-13(20-6)10-5-19-15(18)24-10/h2-5,12H,1H3,(H2,18,19)(H,20,21)(H,22,23). The van der Waals surface area contributed by atoms with Gasteiger partial charge in [0.2, 0.25) is 0 Å². The molecule has 124 valence electrons. The van der Waals surface area contributed by atoms with Gasteiger partial charge in [-0.25, -0.2) is 14.2 Å². The number of carboxylic acid groups (broad SMARTS) is 1. The van der Waals surface area contributed by atoms with Crippen LogP contribution >= 0.6 is 22.9 Å². The summed E-state index contributed by atoms with van der Waals surface area (Å²) in [5.74, 6) is -1.19. The Bertz CT molecular complexity index is 893. The molecule has 1 aromatic carbocycles. The van der Waals surface area contributed by atoms with Crippen molar-refractivity contribution in [2.45, 2.75) is 13.0 Å². The van der Waals surface area contributed by atoms with Crippen LogP contribution in [0.4, 0.5) is 9.52 Å². The first kappa shape index (κ1) is 16.4. The number of thiazole rings is 1. The van der Waals surface area contributed by atoms with E-state index in [1.807, 2.05) is 0 Å². The van der Waals surface area contributed by atoms with Crippen LogP contribution in [0.2, 0.25) is 5.02 Å². The number of anilines is 1. The lowest BCUT2D eigenvalue weighted by molar-refractivity contribution is -0.133. The maximum Gasteiger partial charge on any atom is 0.335 e. The molecule has 1 aromatic heterocycles. The molecule has 0 fully saturated rings. The highest BCUT2D eigenvalue weighted by Gasteiger charge is 2.31. The monoisotopic (exact) mass is 366 g/mol. The second-order valence-electron chi connectivity index (χ2n) is 5.08. The Labute approximate surface area is 145 Å². The molecule has 0 aliphatic carbocycles. The Kier molecular flexibility index (Phi) is 4.25. The van der Waals surface area contributed by atoms with Crippen LogP contribution in [0.3, 0.4) is 0 Å². The summed E-state index contributed by atoms with van der Waals surface area (Å²) in [7, 11) is 0. The number of hydrogen-bond acceptors (Lipinski definition) is 6. The number of hydrogen-bond donors (Lipinski definition) is 3. The molecule has 4 N–H and O–H groups in total. The zero-order valence-corrected chi connectivity index (χ0v) is 14.0. The summed E-state index contributed by atoms with van der Waals surface area (Å²) in [6.45, 7) is 1.63. The van der Waals surface area contributed by atoms with Crippen LogP contribution in [0, 0.1) is 5.82 Å². The van der Waals surface area contributed by atoms with E-state index in [0.29, 0.717) is 27.1 Å². The molecule has 24 heavy (non-hydrogen) atoms. The van der Waals surface area contributed by atoms with E-state index in [1.165, 1.54) is 23.5 Å². The van der Waals surface area contributed by atoms with Crippen molar-refractivity contribution in [3.8, 4) is 0 Å². The average Bonchev–Trinajstić information content (AvgIpc) is 2.92. The fourth-order valence-corrected chi connectivity index (χ4v) is 3.33. The third-order valence-corrected chi connectivity index (χ3v) is 4.65. The molecule has 2 heterocycles. The van der Waals surface area contributed by atoms with E-state index in [-0.39, 0.29) is 10.6 Å². The second-order valence-corrected chi connectivity index (χ2v) is 6.55. The minimum atomic E-state index is -1.13. The molecule has 0 bridgehead atoms. The molecular weight excluding hydrogens is 355 g/mol. The van der Waals surface area contributed by atoms with Crippen molar-refractivity contribution < 1.29 is 14.3 Å². The van der Waals surface area contributed by atoms with Gasteiger partial charge in [0, 0.05) is 16.3 Å². The van der Waals surface area contributed by atoms with Gasteiger partial charge >= 0.3 is 5.97 Å². The van der Waals surface area contributed by atoms with Crippen molar-refractivity contribution in [1.29, 1.82) is 0 Å². The fourth-order valence-electron chi connectivity index (χ4n) is 2.42. The van der Waals surface area contributed by atoms with Crippen LogP contribution < -0.4 is 11.1 Å². The number of carbonyl (C=O) groups is 1. The zero-order valence-electron chi connectivity index (χ0n) is 12.4. The Hall–Kier alpha value is -2.45. The minimum absolute atomic E-state index is 0.0461. The topological polar surface area (TPSA) is 101 Å². The van der Waals surface area contributed by atoms with Gasteiger partial charge in [0.25, 0.3) is 0 Å². The molecule has 2 aromatic rings. The summed E-state index contributed by atoms with van der Waals surface area (Å²) in [4.78, 5) is 20.7. The summed E-state index contributed by atoms with van der Waals surface area (Å²) in [5, 5.41) is 13.0.